The lowest BCUT2D eigenvalue weighted by atomic mass is 9.86. The van der Waals surface area contributed by atoms with Crippen LogP contribution in [0.15, 0.2) is 18.7 Å². The maximum atomic E-state index is 4.56. The molecule has 2 heterocycles. The fourth-order valence-corrected chi connectivity index (χ4v) is 5.05. The van der Waals surface area contributed by atoms with Crippen molar-refractivity contribution >= 4 is 43.6 Å². The molecule has 70 valence electrons. The lowest BCUT2D eigenvalue weighted by Crippen LogP contribution is -2.07. The normalized spacial score (nSPS) is 16.1. The molecule has 0 spiro atoms. The van der Waals surface area contributed by atoms with E-state index >= 15 is 0 Å². The van der Waals surface area contributed by atoms with E-state index in [1.807, 2.05) is 11.3 Å². The summed E-state index contributed by atoms with van der Waals surface area (Å²) in [5, 5.41) is 2.14. The number of allylic oxidation sites excluding steroid dienone is 1. The molecule has 0 bridgehead atoms. The average Bonchev–Trinajstić information content (AvgIpc) is 2.48. The van der Waals surface area contributed by atoms with Gasteiger partial charge in [-0.15, -0.1) is 11.3 Å². The Balaban J connectivity index is 2.54. The van der Waals surface area contributed by atoms with E-state index in [1.54, 1.807) is 0 Å². The van der Waals surface area contributed by atoms with Crippen LogP contribution in [0.25, 0.3) is 5.57 Å². The van der Waals surface area contributed by atoms with Crippen LogP contribution in [0.1, 0.15) is 25.6 Å². The lowest BCUT2D eigenvalue weighted by Gasteiger charge is -2.23. The summed E-state index contributed by atoms with van der Waals surface area (Å²) in [7, 11) is 0. The fourth-order valence-electron chi connectivity index (χ4n) is 1.25. The molecule has 13 heavy (non-hydrogen) atoms. The van der Waals surface area contributed by atoms with Crippen molar-refractivity contribution in [1.82, 2.24) is 0 Å². The van der Waals surface area contributed by atoms with Gasteiger partial charge in [0.05, 0.1) is 10.6 Å². The molecular formula is C10H12INS. The van der Waals surface area contributed by atoms with E-state index < -0.39 is 0 Å². The van der Waals surface area contributed by atoms with Gasteiger partial charge in [-0.25, -0.2) is 3.15 Å². The fraction of sp³-hybridized carbons (Fsp3) is 0.400. The summed E-state index contributed by atoms with van der Waals surface area (Å²) in [5.41, 5.74) is 3.00. The van der Waals surface area contributed by atoms with E-state index in [4.69, 9.17) is 0 Å². The molecule has 0 N–H and O–H groups in total. The van der Waals surface area contributed by atoms with Crippen LogP contribution in [0.2, 0.25) is 0 Å². The smallest absolute Gasteiger partial charge is 0.0874 e. The minimum atomic E-state index is -0.0847. The third-order valence-corrected chi connectivity index (χ3v) is 4.63. The number of rotatable bonds is 0. The van der Waals surface area contributed by atoms with E-state index in [2.05, 4.69) is 39.4 Å². The summed E-state index contributed by atoms with van der Waals surface area (Å²) in [6.07, 6.45) is 0. The zero-order valence-corrected chi connectivity index (χ0v) is 10.9. The topological polar surface area (TPSA) is 12.4 Å². The summed E-state index contributed by atoms with van der Waals surface area (Å²) in [5.74, 6) is 0. The van der Waals surface area contributed by atoms with Crippen LogP contribution in [0.5, 0.6) is 0 Å². The van der Waals surface area contributed by atoms with E-state index in [0.717, 1.165) is 0 Å². The number of nitrogens with zero attached hydrogens (tertiary/aromatic N) is 1. The Morgan fingerprint density at radius 3 is 2.85 bits per heavy atom. The summed E-state index contributed by atoms with van der Waals surface area (Å²) in [4.78, 5) is 1.39. The Bertz CT molecular complexity index is 382. The monoisotopic (exact) mass is 305 g/mol. The van der Waals surface area contributed by atoms with Crippen molar-refractivity contribution in [2.45, 2.75) is 20.8 Å². The molecule has 2 rings (SSSR count). The largest absolute Gasteiger partial charge is 0.221 e. The minimum Gasteiger partial charge on any atom is -0.221 e. The van der Waals surface area contributed by atoms with Crippen molar-refractivity contribution in [2.75, 3.05) is 0 Å². The molecule has 0 radical (unpaired) electrons. The zero-order valence-electron chi connectivity index (χ0n) is 7.97. The molecule has 0 fully saturated rings. The van der Waals surface area contributed by atoms with Gasteiger partial charge in [0.2, 0.25) is 0 Å². The molecule has 0 saturated carbocycles. The van der Waals surface area contributed by atoms with Crippen LogP contribution in [0.4, 0.5) is 5.69 Å². The standard InChI is InChI=1S/C10H12INS/c1-10(2,3)7-6-11-12-8-4-5-13-9(7)8/h4-6H,1-3H3. The Morgan fingerprint density at radius 2 is 2.15 bits per heavy atom. The number of hydrogen-bond acceptors (Lipinski definition) is 2. The quantitative estimate of drug-likeness (QED) is 0.602. The highest BCUT2D eigenvalue weighted by atomic mass is 127. The molecule has 3 heteroatoms. The van der Waals surface area contributed by atoms with Gasteiger partial charge in [0.25, 0.3) is 0 Å². The second kappa shape index (κ2) is 3.28. The first-order valence-corrected chi connectivity index (χ1v) is 7.30. The Kier molecular flexibility index (Phi) is 2.40. The van der Waals surface area contributed by atoms with Crippen LogP contribution in [0.3, 0.4) is 0 Å². The van der Waals surface area contributed by atoms with Gasteiger partial charge >= 0.3 is 0 Å². The molecular weight excluding hydrogens is 293 g/mol. The number of fused-ring (bicyclic) bond motifs is 1. The van der Waals surface area contributed by atoms with Gasteiger partial charge in [0, 0.05) is 21.0 Å². The molecule has 1 aliphatic rings. The van der Waals surface area contributed by atoms with Crippen molar-refractivity contribution in [3.8, 4) is 0 Å². The highest BCUT2D eigenvalue weighted by Gasteiger charge is 2.23. The highest BCUT2D eigenvalue weighted by Crippen LogP contribution is 2.46. The molecule has 0 aliphatic carbocycles. The molecule has 1 aromatic rings. The summed E-state index contributed by atoms with van der Waals surface area (Å²) < 4.78 is 6.92. The maximum absolute atomic E-state index is 4.56. The molecule has 0 saturated heterocycles. The third kappa shape index (κ3) is 1.76. The van der Waals surface area contributed by atoms with Crippen LogP contribution in [-0.4, -0.2) is 0 Å². The van der Waals surface area contributed by atoms with Gasteiger partial charge in [0.1, 0.15) is 0 Å². The van der Waals surface area contributed by atoms with Crippen LogP contribution < -0.4 is 0 Å². The molecule has 1 aromatic heterocycles. The molecule has 0 aromatic carbocycles. The van der Waals surface area contributed by atoms with E-state index in [0.29, 0.717) is 0 Å². The van der Waals surface area contributed by atoms with Crippen molar-refractivity contribution in [2.24, 2.45) is 8.56 Å². The SMILES string of the molecule is CC(C)(C)C1=CI=Nc2ccsc21. The molecule has 1 nitrogen and oxygen atoms in total. The van der Waals surface area contributed by atoms with Gasteiger partial charge in [0.15, 0.2) is 0 Å². The van der Waals surface area contributed by atoms with Gasteiger partial charge < -0.3 is 0 Å². The third-order valence-electron chi connectivity index (χ3n) is 1.99. The summed E-state index contributed by atoms with van der Waals surface area (Å²) in [6.45, 7) is 6.83. The Labute approximate surface area is 93.0 Å². The van der Waals surface area contributed by atoms with Crippen molar-refractivity contribution in [3.05, 3.63) is 20.4 Å². The predicted octanol–water partition coefficient (Wildman–Crippen LogP) is 4.93. The molecule has 0 amide bonds. The van der Waals surface area contributed by atoms with Gasteiger partial charge in [-0.1, -0.05) is 20.8 Å². The predicted molar refractivity (Wildman–Crippen MR) is 67.9 cm³/mol. The second-order valence-electron chi connectivity index (χ2n) is 4.09. The number of halogens is 1. The number of thiophene rings is 1. The molecule has 0 unspecified atom stereocenters. The minimum absolute atomic E-state index is 0.0847. The molecule has 0 atom stereocenters. The maximum Gasteiger partial charge on any atom is 0.0874 e. The second-order valence-corrected chi connectivity index (χ2v) is 6.67. The van der Waals surface area contributed by atoms with Crippen LogP contribution in [-0.2, 0) is 0 Å². The van der Waals surface area contributed by atoms with E-state index in [1.165, 1.54) is 16.1 Å². The van der Waals surface area contributed by atoms with Crippen LogP contribution in [0, 0.1) is 5.41 Å². The van der Waals surface area contributed by atoms with Crippen LogP contribution >= 0.6 is 32.4 Å². The lowest BCUT2D eigenvalue weighted by molar-refractivity contribution is 0.569. The average molecular weight is 305 g/mol. The first-order valence-electron chi connectivity index (χ1n) is 4.21. The van der Waals surface area contributed by atoms with Gasteiger partial charge in [-0.2, -0.15) is 0 Å². The zero-order chi connectivity index (χ0) is 9.47. The van der Waals surface area contributed by atoms with Gasteiger partial charge in [-0.05, 0) is 26.5 Å². The molecule has 1 aliphatic heterocycles. The van der Waals surface area contributed by atoms with Crippen molar-refractivity contribution in [3.63, 3.8) is 0 Å². The highest BCUT2D eigenvalue weighted by molar-refractivity contribution is 14.2. The van der Waals surface area contributed by atoms with Crippen molar-refractivity contribution < 1.29 is 0 Å². The van der Waals surface area contributed by atoms with E-state index in [-0.39, 0.29) is 26.4 Å². The first kappa shape index (κ1) is 9.52. The first-order chi connectivity index (χ1) is 6.09. The number of hydrogen-bond donors (Lipinski definition) is 0. The Hall–Kier alpha value is -0.0300. The van der Waals surface area contributed by atoms with Crippen molar-refractivity contribution in [1.29, 1.82) is 0 Å². The van der Waals surface area contributed by atoms with Gasteiger partial charge in [-0.3, -0.25) is 0 Å². The summed E-state index contributed by atoms with van der Waals surface area (Å²) in [6, 6.07) is 2.14. The van der Waals surface area contributed by atoms with E-state index in [9.17, 15) is 0 Å². The Morgan fingerprint density at radius 1 is 1.38 bits per heavy atom. The summed E-state index contributed by atoms with van der Waals surface area (Å²) >= 11 is 1.73.